The SMILES string of the molecule is C=C(C(=O)OCc1ccccc1)C(=O)N1CCCC1C(=O)O. The first-order valence-corrected chi connectivity index (χ1v) is 6.94. The molecular weight excluding hydrogens is 286 g/mol. The van der Waals surface area contributed by atoms with E-state index in [1.807, 2.05) is 18.2 Å². The second-order valence-electron chi connectivity index (χ2n) is 5.04. The monoisotopic (exact) mass is 303 g/mol. The molecule has 2 rings (SSSR count). The van der Waals surface area contributed by atoms with Gasteiger partial charge in [0.1, 0.15) is 18.2 Å². The minimum Gasteiger partial charge on any atom is -0.480 e. The van der Waals surface area contributed by atoms with Gasteiger partial charge < -0.3 is 14.7 Å². The average Bonchev–Trinajstić information content (AvgIpc) is 3.02. The molecule has 116 valence electrons. The number of hydrogen-bond donors (Lipinski definition) is 1. The van der Waals surface area contributed by atoms with E-state index in [9.17, 15) is 14.4 Å². The number of likely N-dealkylation sites (tertiary alicyclic amines) is 1. The van der Waals surface area contributed by atoms with Crippen molar-refractivity contribution in [2.75, 3.05) is 6.54 Å². The van der Waals surface area contributed by atoms with Crippen molar-refractivity contribution in [1.29, 1.82) is 0 Å². The largest absolute Gasteiger partial charge is 0.480 e. The lowest BCUT2D eigenvalue weighted by molar-refractivity contribution is -0.149. The number of hydrogen-bond acceptors (Lipinski definition) is 4. The quantitative estimate of drug-likeness (QED) is 0.384. The Labute approximate surface area is 128 Å². The minimum atomic E-state index is -1.07. The van der Waals surface area contributed by atoms with Crippen LogP contribution < -0.4 is 0 Å². The van der Waals surface area contributed by atoms with Crippen molar-refractivity contribution in [2.45, 2.75) is 25.5 Å². The zero-order valence-corrected chi connectivity index (χ0v) is 12.0. The first kappa shape index (κ1) is 15.8. The predicted octanol–water partition coefficient (Wildman–Crippen LogP) is 1.36. The Morgan fingerprint density at radius 1 is 1.27 bits per heavy atom. The van der Waals surface area contributed by atoms with Gasteiger partial charge in [0.2, 0.25) is 0 Å². The fourth-order valence-corrected chi connectivity index (χ4v) is 2.34. The van der Waals surface area contributed by atoms with Crippen molar-refractivity contribution in [3.05, 3.63) is 48.0 Å². The van der Waals surface area contributed by atoms with Crippen LogP contribution in [0.3, 0.4) is 0 Å². The molecule has 1 atom stereocenters. The molecule has 1 aliphatic heterocycles. The molecule has 1 N–H and O–H groups in total. The number of benzene rings is 1. The van der Waals surface area contributed by atoms with Gasteiger partial charge in [0.25, 0.3) is 5.91 Å². The Hall–Kier alpha value is -2.63. The van der Waals surface area contributed by atoms with Crippen LogP contribution in [-0.4, -0.2) is 40.4 Å². The molecule has 1 fully saturated rings. The summed E-state index contributed by atoms with van der Waals surface area (Å²) in [6.45, 7) is 3.79. The van der Waals surface area contributed by atoms with Gasteiger partial charge in [0.15, 0.2) is 0 Å². The van der Waals surface area contributed by atoms with Crippen molar-refractivity contribution < 1.29 is 24.2 Å². The van der Waals surface area contributed by atoms with E-state index in [-0.39, 0.29) is 12.2 Å². The van der Waals surface area contributed by atoms with Gasteiger partial charge in [0.05, 0.1) is 0 Å². The second kappa shape index (κ2) is 6.89. The topological polar surface area (TPSA) is 83.9 Å². The standard InChI is InChI=1S/C16H17NO5/c1-11(14(18)17-9-5-8-13(17)15(19)20)16(21)22-10-12-6-3-2-4-7-12/h2-4,6-7,13H,1,5,8-10H2,(H,19,20). The van der Waals surface area contributed by atoms with E-state index in [4.69, 9.17) is 9.84 Å². The van der Waals surface area contributed by atoms with Crippen molar-refractivity contribution in [3.63, 3.8) is 0 Å². The van der Waals surface area contributed by atoms with Crippen LogP contribution in [0.2, 0.25) is 0 Å². The lowest BCUT2D eigenvalue weighted by atomic mass is 10.2. The summed E-state index contributed by atoms with van der Waals surface area (Å²) in [5.41, 5.74) is 0.449. The predicted molar refractivity (Wildman–Crippen MR) is 77.7 cm³/mol. The molecule has 0 bridgehead atoms. The van der Waals surface area contributed by atoms with Crippen LogP contribution in [0.15, 0.2) is 42.5 Å². The number of carbonyl (C=O) groups excluding carboxylic acids is 2. The summed E-state index contributed by atoms with van der Waals surface area (Å²) >= 11 is 0. The summed E-state index contributed by atoms with van der Waals surface area (Å²) in [6.07, 6.45) is 0.975. The molecule has 1 heterocycles. The molecule has 0 saturated carbocycles. The third-order valence-electron chi connectivity index (χ3n) is 3.52. The molecule has 1 aliphatic rings. The summed E-state index contributed by atoms with van der Waals surface area (Å²) in [5, 5.41) is 9.07. The maximum absolute atomic E-state index is 12.2. The van der Waals surface area contributed by atoms with Crippen molar-refractivity contribution >= 4 is 17.8 Å². The molecule has 1 amide bonds. The van der Waals surface area contributed by atoms with E-state index in [0.717, 1.165) is 10.5 Å². The van der Waals surface area contributed by atoms with Gasteiger partial charge in [-0.3, -0.25) is 4.79 Å². The van der Waals surface area contributed by atoms with Gasteiger partial charge in [-0.05, 0) is 18.4 Å². The van der Waals surface area contributed by atoms with Crippen LogP contribution in [-0.2, 0) is 25.7 Å². The van der Waals surface area contributed by atoms with E-state index in [0.29, 0.717) is 19.4 Å². The molecule has 1 unspecified atom stereocenters. The summed E-state index contributed by atoms with van der Waals surface area (Å²) < 4.78 is 5.03. The second-order valence-corrected chi connectivity index (χ2v) is 5.04. The molecule has 1 saturated heterocycles. The van der Waals surface area contributed by atoms with E-state index in [2.05, 4.69) is 6.58 Å². The van der Waals surface area contributed by atoms with E-state index in [1.165, 1.54) is 0 Å². The Morgan fingerprint density at radius 3 is 2.59 bits per heavy atom. The number of nitrogens with zero attached hydrogens (tertiary/aromatic N) is 1. The Bertz CT molecular complexity index is 596. The lowest BCUT2D eigenvalue weighted by Crippen LogP contribution is -2.42. The van der Waals surface area contributed by atoms with Crippen LogP contribution in [0.1, 0.15) is 18.4 Å². The van der Waals surface area contributed by atoms with Crippen LogP contribution >= 0.6 is 0 Å². The Morgan fingerprint density at radius 2 is 1.95 bits per heavy atom. The summed E-state index contributed by atoms with van der Waals surface area (Å²) in [5.74, 6) is -2.58. The van der Waals surface area contributed by atoms with Gasteiger partial charge in [-0.25, -0.2) is 9.59 Å². The summed E-state index contributed by atoms with van der Waals surface area (Å²) in [4.78, 5) is 36.3. The number of carbonyl (C=O) groups is 3. The van der Waals surface area contributed by atoms with Gasteiger partial charge in [-0.2, -0.15) is 0 Å². The number of amides is 1. The maximum Gasteiger partial charge on any atom is 0.343 e. The number of esters is 1. The molecule has 0 radical (unpaired) electrons. The van der Waals surface area contributed by atoms with Crippen LogP contribution in [0.4, 0.5) is 0 Å². The third kappa shape index (κ3) is 3.52. The van der Waals surface area contributed by atoms with Gasteiger partial charge in [-0.15, -0.1) is 0 Å². The number of ether oxygens (including phenoxy) is 1. The van der Waals surface area contributed by atoms with E-state index >= 15 is 0 Å². The molecule has 6 heteroatoms. The fourth-order valence-electron chi connectivity index (χ4n) is 2.34. The Balaban J connectivity index is 1.94. The van der Waals surface area contributed by atoms with Crippen LogP contribution in [0, 0.1) is 0 Å². The number of carboxylic acid groups (broad SMARTS) is 1. The average molecular weight is 303 g/mol. The number of rotatable bonds is 5. The molecule has 22 heavy (non-hydrogen) atoms. The lowest BCUT2D eigenvalue weighted by Gasteiger charge is -2.21. The minimum absolute atomic E-state index is 0.0360. The number of carboxylic acids is 1. The smallest absolute Gasteiger partial charge is 0.343 e. The Kier molecular flexibility index (Phi) is 4.93. The fraction of sp³-hybridized carbons (Fsp3) is 0.312. The third-order valence-corrected chi connectivity index (χ3v) is 3.52. The molecule has 6 nitrogen and oxygen atoms in total. The first-order chi connectivity index (χ1) is 10.5. The molecule has 1 aromatic rings. The highest BCUT2D eigenvalue weighted by molar-refractivity contribution is 6.16. The number of aliphatic carboxylic acids is 1. The first-order valence-electron chi connectivity index (χ1n) is 6.94. The van der Waals surface area contributed by atoms with Crippen molar-refractivity contribution in [1.82, 2.24) is 4.90 Å². The molecule has 0 aromatic heterocycles. The van der Waals surface area contributed by atoms with Crippen LogP contribution in [0.25, 0.3) is 0 Å². The molecular formula is C16H17NO5. The zero-order chi connectivity index (χ0) is 16.1. The van der Waals surface area contributed by atoms with Crippen LogP contribution in [0.5, 0.6) is 0 Å². The maximum atomic E-state index is 12.2. The van der Waals surface area contributed by atoms with Crippen molar-refractivity contribution in [2.24, 2.45) is 0 Å². The van der Waals surface area contributed by atoms with E-state index < -0.39 is 23.9 Å². The zero-order valence-electron chi connectivity index (χ0n) is 12.0. The highest BCUT2D eigenvalue weighted by Crippen LogP contribution is 2.20. The summed E-state index contributed by atoms with van der Waals surface area (Å²) in [7, 11) is 0. The summed E-state index contributed by atoms with van der Waals surface area (Å²) in [6, 6.07) is 8.15. The van der Waals surface area contributed by atoms with Gasteiger partial charge in [0, 0.05) is 6.54 Å². The van der Waals surface area contributed by atoms with E-state index in [1.54, 1.807) is 12.1 Å². The highest BCUT2D eigenvalue weighted by atomic mass is 16.5. The molecule has 0 spiro atoms. The molecule has 1 aromatic carbocycles. The highest BCUT2D eigenvalue weighted by Gasteiger charge is 2.36. The van der Waals surface area contributed by atoms with Gasteiger partial charge in [-0.1, -0.05) is 36.9 Å². The molecule has 0 aliphatic carbocycles. The normalized spacial score (nSPS) is 17.1. The van der Waals surface area contributed by atoms with Gasteiger partial charge >= 0.3 is 11.9 Å². The van der Waals surface area contributed by atoms with Crippen molar-refractivity contribution in [3.8, 4) is 0 Å².